The molecule has 1 amide bonds. The molecule has 0 spiro atoms. The van der Waals surface area contributed by atoms with Gasteiger partial charge in [-0.3, -0.25) is 4.79 Å². The highest BCUT2D eigenvalue weighted by molar-refractivity contribution is 7.89. The average Bonchev–Trinajstić information content (AvgIpc) is 3.38. The van der Waals surface area contributed by atoms with Crippen LogP contribution in [0, 0.1) is 5.82 Å². The average molecular weight is 355 g/mol. The molecule has 1 aromatic carbocycles. The fraction of sp³-hybridized carbons (Fsp3) is 0.562. The molecule has 2 fully saturated rings. The Morgan fingerprint density at radius 1 is 1.25 bits per heavy atom. The molecule has 2 aliphatic rings. The molecule has 24 heavy (non-hydrogen) atoms. The number of piperazine rings is 1. The first-order chi connectivity index (χ1) is 11.4. The molecule has 1 saturated heterocycles. The van der Waals surface area contributed by atoms with Crippen LogP contribution in [0.5, 0.6) is 0 Å². The Balaban J connectivity index is 1.79. The number of hydrogen-bond donors (Lipinski definition) is 1. The summed E-state index contributed by atoms with van der Waals surface area (Å²) in [6.45, 7) is 5.77. The topological polar surface area (TPSA) is 69.7 Å². The van der Waals surface area contributed by atoms with Gasteiger partial charge >= 0.3 is 0 Å². The molecular formula is C16H22FN3O3S. The highest BCUT2D eigenvalue weighted by Gasteiger charge is 2.30. The van der Waals surface area contributed by atoms with E-state index in [9.17, 15) is 17.6 Å². The van der Waals surface area contributed by atoms with Gasteiger partial charge in [0.2, 0.25) is 10.0 Å². The van der Waals surface area contributed by atoms with E-state index in [1.165, 1.54) is 6.07 Å². The molecule has 1 aliphatic heterocycles. The molecule has 1 aromatic rings. The van der Waals surface area contributed by atoms with E-state index in [1.54, 1.807) is 4.90 Å². The molecule has 1 N–H and O–H groups in total. The number of amides is 1. The maximum Gasteiger partial charge on any atom is 0.253 e. The normalized spacial score (nSPS) is 19.5. The third kappa shape index (κ3) is 3.76. The highest BCUT2D eigenvalue weighted by Crippen LogP contribution is 2.24. The van der Waals surface area contributed by atoms with Crippen LogP contribution in [0.15, 0.2) is 23.1 Å². The summed E-state index contributed by atoms with van der Waals surface area (Å²) < 4.78 is 40.9. The molecule has 8 heteroatoms. The number of halogens is 1. The lowest BCUT2D eigenvalue weighted by atomic mass is 10.1. The number of rotatable bonds is 5. The van der Waals surface area contributed by atoms with Gasteiger partial charge in [0.05, 0.1) is 0 Å². The molecule has 6 nitrogen and oxygen atoms in total. The van der Waals surface area contributed by atoms with Crippen molar-refractivity contribution in [3.8, 4) is 0 Å². The summed E-state index contributed by atoms with van der Waals surface area (Å²) in [5, 5.41) is 0. The van der Waals surface area contributed by atoms with Gasteiger partial charge in [0, 0.05) is 37.8 Å². The molecule has 0 atom stereocenters. The standard InChI is InChI=1S/C16H22FN3O3S/c1-2-19-7-9-20(10-8-19)16(21)12-3-6-14(17)15(11-12)24(22,23)18-13-4-5-13/h3,6,11,13,18H,2,4-5,7-10H2,1H3. The van der Waals surface area contributed by atoms with Crippen molar-refractivity contribution in [3.05, 3.63) is 29.6 Å². The number of likely N-dealkylation sites (N-methyl/N-ethyl adjacent to an activating group) is 1. The first-order valence-electron chi connectivity index (χ1n) is 8.24. The fourth-order valence-corrected chi connectivity index (χ4v) is 4.18. The van der Waals surface area contributed by atoms with E-state index >= 15 is 0 Å². The number of carbonyl (C=O) groups is 1. The Morgan fingerprint density at radius 3 is 2.50 bits per heavy atom. The van der Waals surface area contributed by atoms with Gasteiger partial charge in [-0.2, -0.15) is 0 Å². The second kappa shape index (κ2) is 6.78. The minimum absolute atomic E-state index is 0.115. The Bertz CT molecular complexity index is 726. The quantitative estimate of drug-likeness (QED) is 0.857. The monoisotopic (exact) mass is 355 g/mol. The van der Waals surface area contributed by atoms with Crippen LogP contribution in [0.2, 0.25) is 0 Å². The molecule has 132 valence electrons. The van der Waals surface area contributed by atoms with Gasteiger partial charge in [-0.15, -0.1) is 0 Å². The van der Waals surface area contributed by atoms with Gasteiger partial charge in [0.1, 0.15) is 10.7 Å². The molecule has 0 aromatic heterocycles. The summed E-state index contributed by atoms with van der Waals surface area (Å²) in [6, 6.07) is 3.43. The fourth-order valence-electron chi connectivity index (χ4n) is 2.78. The van der Waals surface area contributed by atoms with Gasteiger partial charge in [-0.25, -0.2) is 17.5 Å². The van der Waals surface area contributed by atoms with E-state index in [0.29, 0.717) is 13.1 Å². The van der Waals surface area contributed by atoms with E-state index in [1.807, 2.05) is 0 Å². The van der Waals surface area contributed by atoms with Crippen LogP contribution in [-0.4, -0.2) is 62.9 Å². The summed E-state index contributed by atoms with van der Waals surface area (Å²) in [7, 11) is -3.93. The van der Waals surface area contributed by atoms with Crippen molar-refractivity contribution >= 4 is 15.9 Å². The van der Waals surface area contributed by atoms with Crippen molar-refractivity contribution in [1.82, 2.24) is 14.5 Å². The minimum Gasteiger partial charge on any atom is -0.336 e. The van der Waals surface area contributed by atoms with E-state index < -0.39 is 20.7 Å². The largest absolute Gasteiger partial charge is 0.336 e. The van der Waals surface area contributed by atoms with Crippen LogP contribution in [0.1, 0.15) is 30.1 Å². The second-order valence-electron chi connectivity index (χ2n) is 6.27. The van der Waals surface area contributed by atoms with Crippen LogP contribution in [-0.2, 0) is 10.0 Å². The lowest BCUT2D eigenvalue weighted by Gasteiger charge is -2.34. The zero-order valence-electron chi connectivity index (χ0n) is 13.7. The van der Waals surface area contributed by atoms with Gasteiger partial charge in [-0.05, 0) is 37.6 Å². The van der Waals surface area contributed by atoms with Crippen molar-refractivity contribution in [2.45, 2.75) is 30.7 Å². The predicted molar refractivity (Wildman–Crippen MR) is 87.8 cm³/mol. The molecule has 0 radical (unpaired) electrons. The van der Waals surface area contributed by atoms with E-state index in [-0.39, 0.29) is 17.5 Å². The lowest BCUT2D eigenvalue weighted by molar-refractivity contribution is 0.0643. The third-order valence-electron chi connectivity index (χ3n) is 4.47. The van der Waals surface area contributed by atoms with Gasteiger partial charge in [0.15, 0.2) is 0 Å². The van der Waals surface area contributed by atoms with Crippen LogP contribution in [0.4, 0.5) is 4.39 Å². The maximum atomic E-state index is 14.0. The van der Waals surface area contributed by atoms with E-state index in [2.05, 4.69) is 16.5 Å². The predicted octanol–water partition coefficient (Wildman–Crippen LogP) is 1.04. The number of sulfonamides is 1. The number of carbonyl (C=O) groups excluding carboxylic acids is 1. The van der Waals surface area contributed by atoms with Crippen molar-refractivity contribution in [2.75, 3.05) is 32.7 Å². The Hall–Kier alpha value is -1.51. The highest BCUT2D eigenvalue weighted by atomic mass is 32.2. The molecule has 3 rings (SSSR count). The van der Waals surface area contributed by atoms with E-state index in [0.717, 1.165) is 44.6 Å². The van der Waals surface area contributed by atoms with Crippen molar-refractivity contribution in [3.63, 3.8) is 0 Å². The van der Waals surface area contributed by atoms with E-state index in [4.69, 9.17) is 0 Å². The van der Waals surface area contributed by atoms with Crippen LogP contribution in [0.25, 0.3) is 0 Å². The third-order valence-corrected chi connectivity index (χ3v) is 6.01. The zero-order chi connectivity index (χ0) is 17.3. The zero-order valence-corrected chi connectivity index (χ0v) is 14.5. The first kappa shape index (κ1) is 17.3. The lowest BCUT2D eigenvalue weighted by Crippen LogP contribution is -2.48. The molecular weight excluding hydrogens is 333 g/mol. The summed E-state index contributed by atoms with van der Waals surface area (Å²) in [5.74, 6) is -1.09. The summed E-state index contributed by atoms with van der Waals surface area (Å²) in [4.78, 5) is 16.1. The SMILES string of the molecule is CCN1CCN(C(=O)c2ccc(F)c(S(=O)(=O)NC3CC3)c2)CC1. The second-order valence-corrected chi connectivity index (χ2v) is 7.95. The number of nitrogens with one attached hydrogen (secondary N) is 1. The first-order valence-corrected chi connectivity index (χ1v) is 9.72. The summed E-state index contributed by atoms with van der Waals surface area (Å²) in [6.07, 6.45) is 1.53. The summed E-state index contributed by atoms with van der Waals surface area (Å²) in [5.41, 5.74) is 0.206. The van der Waals surface area contributed by atoms with Crippen molar-refractivity contribution < 1.29 is 17.6 Å². The van der Waals surface area contributed by atoms with Crippen LogP contribution >= 0.6 is 0 Å². The Labute approximate surface area is 141 Å². The number of nitrogens with zero attached hydrogens (tertiary/aromatic N) is 2. The van der Waals surface area contributed by atoms with Crippen LogP contribution in [0.3, 0.4) is 0 Å². The summed E-state index contributed by atoms with van der Waals surface area (Å²) >= 11 is 0. The maximum absolute atomic E-state index is 14.0. The number of hydrogen-bond acceptors (Lipinski definition) is 4. The van der Waals surface area contributed by atoms with Gasteiger partial charge in [0.25, 0.3) is 5.91 Å². The minimum atomic E-state index is -3.93. The molecule has 0 bridgehead atoms. The number of benzene rings is 1. The Morgan fingerprint density at radius 2 is 1.92 bits per heavy atom. The molecule has 1 aliphatic carbocycles. The van der Waals surface area contributed by atoms with Crippen LogP contribution < -0.4 is 4.72 Å². The molecule has 1 saturated carbocycles. The Kier molecular flexibility index (Phi) is 4.89. The van der Waals surface area contributed by atoms with Crippen molar-refractivity contribution in [2.24, 2.45) is 0 Å². The van der Waals surface area contributed by atoms with Gasteiger partial charge in [-0.1, -0.05) is 6.92 Å². The van der Waals surface area contributed by atoms with Gasteiger partial charge < -0.3 is 9.80 Å². The molecule has 1 heterocycles. The van der Waals surface area contributed by atoms with Crippen molar-refractivity contribution in [1.29, 1.82) is 0 Å². The molecule has 0 unspecified atom stereocenters. The smallest absolute Gasteiger partial charge is 0.253 e.